The molecule has 0 fully saturated rings. The van der Waals surface area contributed by atoms with Gasteiger partial charge in [-0.1, -0.05) is 29.8 Å². The molecule has 0 aliphatic rings. The van der Waals surface area contributed by atoms with Crippen molar-refractivity contribution in [1.82, 2.24) is 5.43 Å². The lowest BCUT2D eigenvalue weighted by molar-refractivity contribution is -0.118. The number of benzene rings is 3. The molecule has 0 radical (unpaired) electrons. The molecule has 0 saturated carbocycles. The molecular weight excluding hydrogens is 510 g/mol. The Morgan fingerprint density at radius 2 is 1.73 bits per heavy atom. The van der Waals surface area contributed by atoms with Crippen LogP contribution in [0.15, 0.2) is 76.3 Å². The fraction of sp³-hybridized carbons (Fsp3) is 0.125. The van der Waals surface area contributed by atoms with Gasteiger partial charge in [-0.2, -0.15) is 5.10 Å². The van der Waals surface area contributed by atoms with Crippen molar-refractivity contribution >= 4 is 51.2 Å². The van der Waals surface area contributed by atoms with Gasteiger partial charge in [0.05, 0.1) is 12.8 Å². The minimum Gasteiger partial charge on any atom is -0.490 e. The van der Waals surface area contributed by atoms with Gasteiger partial charge in [0.15, 0.2) is 18.1 Å². The van der Waals surface area contributed by atoms with Crippen LogP contribution >= 0.6 is 27.5 Å². The molecule has 0 aliphatic carbocycles. The molecule has 0 saturated heterocycles. The topological polar surface area (TPSA) is 89.0 Å². The quantitative estimate of drug-likeness (QED) is 0.291. The van der Waals surface area contributed by atoms with Crippen LogP contribution in [0.4, 0.5) is 5.69 Å². The summed E-state index contributed by atoms with van der Waals surface area (Å²) in [6.45, 7) is 2.05. The summed E-state index contributed by atoms with van der Waals surface area (Å²) in [5.41, 5.74) is 4.23. The molecule has 9 heteroatoms. The molecule has 0 unspecified atom stereocenters. The number of halogens is 2. The van der Waals surface area contributed by atoms with Crippen LogP contribution in [0.3, 0.4) is 0 Å². The van der Waals surface area contributed by atoms with Crippen molar-refractivity contribution < 1.29 is 19.1 Å². The summed E-state index contributed by atoms with van der Waals surface area (Å²) in [5.74, 6) is 0.178. The maximum atomic E-state index is 12.2. The third-order valence-corrected chi connectivity index (χ3v) is 5.19. The molecule has 0 spiro atoms. The third-order valence-electron chi connectivity index (χ3n) is 4.26. The van der Waals surface area contributed by atoms with Crippen LogP contribution in [0.1, 0.15) is 22.8 Å². The van der Waals surface area contributed by atoms with E-state index in [0.29, 0.717) is 44.4 Å². The van der Waals surface area contributed by atoms with Gasteiger partial charge in [-0.15, -0.1) is 0 Å². The van der Waals surface area contributed by atoms with Crippen LogP contribution < -0.4 is 20.2 Å². The van der Waals surface area contributed by atoms with Crippen molar-refractivity contribution in [3.63, 3.8) is 0 Å². The zero-order valence-electron chi connectivity index (χ0n) is 17.7. The van der Waals surface area contributed by atoms with E-state index in [0.717, 1.165) is 0 Å². The molecule has 3 aromatic rings. The number of carbonyl (C=O) groups excluding carboxylic acids is 2. The highest BCUT2D eigenvalue weighted by Crippen LogP contribution is 2.33. The second-order valence-corrected chi connectivity index (χ2v) is 7.95. The van der Waals surface area contributed by atoms with Crippen LogP contribution in [0.5, 0.6) is 11.5 Å². The van der Waals surface area contributed by atoms with E-state index in [9.17, 15) is 9.59 Å². The first-order chi connectivity index (χ1) is 16.0. The molecule has 0 aromatic heterocycles. The predicted octanol–water partition coefficient (Wildman–Crippen LogP) is 5.28. The van der Waals surface area contributed by atoms with Crippen LogP contribution in [-0.2, 0) is 4.79 Å². The summed E-state index contributed by atoms with van der Waals surface area (Å²) in [4.78, 5) is 24.4. The van der Waals surface area contributed by atoms with E-state index >= 15 is 0 Å². The van der Waals surface area contributed by atoms with E-state index in [-0.39, 0.29) is 18.4 Å². The molecule has 33 heavy (non-hydrogen) atoms. The Hall–Kier alpha value is -3.36. The Bertz CT molecular complexity index is 1140. The normalized spacial score (nSPS) is 10.6. The van der Waals surface area contributed by atoms with Crippen molar-refractivity contribution in [3.8, 4) is 11.5 Å². The number of rotatable bonds is 9. The number of anilines is 1. The Labute approximate surface area is 204 Å². The monoisotopic (exact) mass is 529 g/mol. The molecule has 2 amide bonds. The van der Waals surface area contributed by atoms with Crippen molar-refractivity contribution in [2.45, 2.75) is 6.92 Å². The number of para-hydroxylation sites is 1. The molecule has 2 N–H and O–H groups in total. The Morgan fingerprint density at radius 1 is 1.03 bits per heavy atom. The number of carbonyl (C=O) groups is 2. The Balaban J connectivity index is 1.65. The van der Waals surface area contributed by atoms with Gasteiger partial charge in [-0.3, -0.25) is 9.59 Å². The largest absolute Gasteiger partial charge is 0.490 e. The van der Waals surface area contributed by atoms with Gasteiger partial charge < -0.3 is 14.8 Å². The molecule has 3 aromatic carbocycles. The fourth-order valence-electron chi connectivity index (χ4n) is 2.72. The first-order valence-corrected chi connectivity index (χ1v) is 11.2. The highest BCUT2D eigenvalue weighted by Gasteiger charge is 2.12. The van der Waals surface area contributed by atoms with E-state index in [2.05, 4.69) is 31.8 Å². The number of hydrazone groups is 1. The maximum Gasteiger partial charge on any atom is 0.271 e. The molecular formula is C24H21BrClN3O4. The highest BCUT2D eigenvalue weighted by molar-refractivity contribution is 9.10. The number of nitrogens with zero attached hydrogens (tertiary/aromatic N) is 1. The maximum absolute atomic E-state index is 12.2. The summed E-state index contributed by atoms with van der Waals surface area (Å²) in [5, 5.41) is 7.31. The second-order valence-electron chi connectivity index (χ2n) is 6.66. The highest BCUT2D eigenvalue weighted by atomic mass is 79.9. The van der Waals surface area contributed by atoms with Crippen molar-refractivity contribution in [2.24, 2.45) is 5.10 Å². The zero-order valence-corrected chi connectivity index (χ0v) is 20.0. The minimum absolute atomic E-state index is 0.188. The van der Waals surface area contributed by atoms with Crippen molar-refractivity contribution in [1.29, 1.82) is 0 Å². The molecule has 170 valence electrons. The number of hydrogen-bond donors (Lipinski definition) is 2. The van der Waals surface area contributed by atoms with Gasteiger partial charge in [-0.25, -0.2) is 5.43 Å². The van der Waals surface area contributed by atoms with Gasteiger partial charge in [0.25, 0.3) is 11.8 Å². The zero-order chi connectivity index (χ0) is 23.6. The summed E-state index contributed by atoms with van der Waals surface area (Å²) < 4.78 is 12.0. The molecule has 7 nitrogen and oxygen atoms in total. The second kappa shape index (κ2) is 12.0. The predicted molar refractivity (Wildman–Crippen MR) is 132 cm³/mol. The number of hydrogen-bond acceptors (Lipinski definition) is 5. The van der Waals surface area contributed by atoms with E-state index in [4.69, 9.17) is 21.1 Å². The number of ether oxygens (including phenoxy) is 2. The van der Waals surface area contributed by atoms with Crippen molar-refractivity contribution in [3.05, 3.63) is 87.4 Å². The third kappa shape index (κ3) is 7.34. The van der Waals surface area contributed by atoms with Gasteiger partial charge >= 0.3 is 0 Å². The lowest BCUT2D eigenvalue weighted by atomic mass is 10.2. The average molecular weight is 531 g/mol. The van der Waals surface area contributed by atoms with Crippen LogP contribution in [0, 0.1) is 0 Å². The summed E-state index contributed by atoms with van der Waals surface area (Å²) in [6.07, 6.45) is 1.48. The lowest BCUT2D eigenvalue weighted by Crippen LogP contribution is -2.20. The van der Waals surface area contributed by atoms with E-state index in [1.165, 1.54) is 6.21 Å². The smallest absolute Gasteiger partial charge is 0.271 e. The molecule has 0 bridgehead atoms. The van der Waals surface area contributed by atoms with Gasteiger partial charge in [-0.05, 0) is 71.4 Å². The van der Waals surface area contributed by atoms with E-state index < -0.39 is 0 Å². The Morgan fingerprint density at radius 3 is 2.42 bits per heavy atom. The fourth-order valence-corrected chi connectivity index (χ4v) is 3.27. The Kier molecular flexibility index (Phi) is 8.86. The number of amides is 2. The van der Waals surface area contributed by atoms with Gasteiger partial charge in [0, 0.05) is 26.3 Å². The molecule has 0 heterocycles. The van der Waals surface area contributed by atoms with E-state index in [1.54, 1.807) is 48.5 Å². The molecule has 0 aliphatic heterocycles. The van der Waals surface area contributed by atoms with Crippen LogP contribution in [-0.4, -0.2) is 31.2 Å². The van der Waals surface area contributed by atoms with Crippen LogP contribution in [0.2, 0.25) is 5.02 Å². The molecule has 3 rings (SSSR count). The first kappa shape index (κ1) is 24.3. The summed E-state index contributed by atoms with van der Waals surface area (Å²) in [6, 6.07) is 19.0. The standard InChI is InChI=1S/C24H21BrClN3O4/c1-2-32-21-12-17(14-27-29-24(31)16-8-10-18(26)11-9-16)20(25)13-22(21)33-15-23(30)28-19-6-4-3-5-7-19/h3-14H,2,15H2,1H3,(H,28,30)(H,29,31)/b27-14-. The lowest BCUT2D eigenvalue weighted by Gasteiger charge is -2.14. The van der Waals surface area contributed by atoms with Crippen molar-refractivity contribution in [2.75, 3.05) is 18.5 Å². The summed E-state index contributed by atoms with van der Waals surface area (Å²) >= 11 is 9.30. The molecule has 0 atom stereocenters. The SMILES string of the molecule is CCOc1cc(/C=N\NC(=O)c2ccc(Cl)cc2)c(Br)cc1OCC(=O)Nc1ccccc1. The first-order valence-electron chi connectivity index (χ1n) is 9.99. The number of nitrogens with one attached hydrogen (secondary N) is 2. The van der Waals surface area contributed by atoms with Crippen LogP contribution in [0.25, 0.3) is 0 Å². The summed E-state index contributed by atoms with van der Waals surface area (Å²) in [7, 11) is 0. The minimum atomic E-state index is -0.367. The van der Waals surface area contributed by atoms with Gasteiger partial charge in [0.1, 0.15) is 0 Å². The average Bonchev–Trinajstić information content (AvgIpc) is 2.81. The van der Waals surface area contributed by atoms with Gasteiger partial charge in [0.2, 0.25) is 0 Å². The van der Waals surface area contributed by atoms with E-state index in [1.807, 2.05) is 25.1 Å².